The molecule has 0 N–H and O–H groups in total. The number of nitrogens with zero attached hydrogens (tertiary/aromatic N) is 1. The minimum absolute atomic E-state index is 0.0852. The fourth-order valence-electron chi connectivity index (χ4n) is 3.53. The van der Waals surface area contributed by atoms with Crippen molar-refractivity contribution < 1.29 is 27.5 Å². The van der Waals surface area contributed by atoms with Crippen LogP contribution in [-0.4, -0.2) is 36.8 Å². The maximum atomic E-state index is 13.2. The zero-order valence-electron chi connectivity index (χ0n) is 15.3. The van der Waals surface area contributed by atoms with Crippen molar-refractivity contribution in [2.45, 2.75) is 19.0 Å². The molecule has 1 amide bonds. The maximum absolute atomic E-state index is 13.2. The largest absolute Gasteiger partial charge is 0.496 e. The average Bonchev–Trinajstić information content (AvgIpc) is 2.72. The molecule has 1 aliphatic rings. The number of para-hydroxylation sites is 1. The van der Waals surface area contributed by atoms with Crippen LogP contribution in [0.2, 0.25) is 0 Å². The molecule has 1 fully saturated rings. The lowest BCUT2D eigenvalue weighted by molar-refractivity contribution is -0.138. The van der Waals surface area contributed by atoms with Crippen LogP contribution in [0, 0.1) is 5.92 Å². The molecule has 2 aromatic rings. The molecule has 0 radical (unpaired) electrons. The summed E-state index contributed by atoms with van der Waals surface area (Å²) in [5, 5.41) is 0. The van der Waals surface area contributed by atoms with Crippen LogP contribution in [-0.2, 0) is 6.18 Å². The lowest BCUT2D eigenvalue weighted by Gasteiger charge is -2.32. The molecular formula is C21H20F3NO3. The monoisotopic (exact) mass is 391 g/mol. The Morgan fingerprint density at radius 1 is 1.04 bits per heavy atom. The van der Waals surface area contributed by atoms with E-state index in [4.69, 9.17) is 4.74 Å². The molecule has 28 heavy (non-hydrogen) atoms. The number of methoxy groups -OCH3 is 1. The van der Waals surface area contributed by atoms with Crippen molar-refractivity contribution in [1.82, 2.24) is 4.90 Å². The van der Waals surface area contributed by atoms with Crippen LogP contribution in [0.25, 0.3) is 0 Å². The summed E-state index contributed by atoms with van der Waals surface area (Å²) in [6, 6.07) is 11.5. The van der Waals surface area contributed by atoms with Gasteiger partial charge in [0, 0.05) is 19.0 Å². The number of amides is 1. The number of rotatable bonds is 4. The van der Waals surface area contributed by atoms with Gasteiger partial charge in [0.25, 0.3) is 5.91 Å². The molecule has 4 nitrogen and oxygen atoms in total. The first kappa shape index (κ1) is 19.9. The molecule has 3 rings (SSSR count). The van der Waals surface area contributed by atoms with Gasteiger partial charge in [-0.25, -0.2) is 0 Å². The number of ether oxygens (including phenoxy) is 1. The van der Waals surface area contributed by atoms with Gasteiger partial charge in [-0.05, 0) is 37.1 Å². The summed E-state index contributed by atoms with van der Waals surface area (Å²) in [5.74, 6) is -0.907. The number of hydrogen-bond acceptors (Lipinski definition) is 3. The molecule has 0 bridgehead atoms. The van der Waals surface area contributed by atoms with Gasteiger partial charge in [-0.1, -0.05) is 24.3 Å². The molecule has 7 heteroatoms. The van der Waals surface area contributed by atoms with E-state index in [1.54, 1.807) is 24.3 Å². The second kappa shape index (κ2) is 8.04. The number of hydrogen-bond donors (Lipinski definition) is 0. The molecule has 0 unspecified atom stereocenters. The Morgan fingerprint density at radius 2 is 1.68 bits per heavy atom. The van der Waals surface area contributed by atoms with E-state index in [-0.39, 0.29) is 17.9 Å². The van der Waals surface area contributed by atoms with E-state index in [9.17, 15) is 22.8 Å². The van der Waals surface area contributed by atoms with Crippen LogP contribution >= 0.6 is 0 Å². The molecule has 1 saturated heterocycles. The topological polar surface area (TPSA) is 46.6 Å². The third-order valence-corrected chi connectivity index (χ3v) is 4.91. The Balaban J connectivity index is 1.82. The quantitative estimate of drug-likeness (QED) is 0.724. The van der Waals surface area contributed by atoms with Gasteiger partial charge in [0.1, 0.15) is 5.75 Å². The van der Waals surface area contributed by atoms with Gasteiger partial charge < -0.3 is 9.64 Å². The zero-order valence-corrected chi connectivity index (χ0v) is 15.3. The minimum Gasteiger partial charge on any atom is -0.496 e. The third kappa shape index (κ3) is 4.03. The predicted octanol–water partition coefficient (Wildman–Crippen LogP) is 4.45. The summed E-state index contributed by atoms with van der Waals surface area (Å²) in [7, 11) is 1.47. The third-order valence-electron chi connectivity index (χ3n) is 4.91. The Labute approximate surface area is 160 Å². The predicted molar refractivity (Wildman–Crippen MR) is 97.4 cm³/mol. The first-order valence-electron chi connectivity index (χ1n) is 8.95. The molecule has 0 aromatic heterocycles. The summed E-state index contributed by atoms with van der Waals surface area (Å²) in [6.07, 6.45) is -3.50. The number of carbonyl (C=O) groups is 2. The lowest BCUT2D eigenvalue weighted by Crippen LogP contribution is -2.43. The number of halogens is 3. The highest BCUT2D eigenvalue weighted by Gasteiger charge is 2.37. The van der Waals surface area contributed by atoms with Gasteiger partial charge in [0.05, 0.1) is 23.8 Å². The lowest BCUT2D eigenvalue weighted by atomic mass is 9.89. The van der Waals surface area contributed by atoms with Gasteiger partial charge in [-0.15, -0.1) is 0 Å². The standard InChI is InChI=1S/C21H20F3NO3/c1-28-18-11-5-3-9-16(18)19(26)14-7-6-12-25(13-14)20(27)15-8-2-4-10-17(15)21(22,23)24/h2-5,8-11,14H,6-7,12-13H2,1H3/t14-/m1/s1. The van der Waals surface area contributed by atoms with E-state index in [1.807, 2.05) is 0 Å². The van der Waals surface area contributed by atoms with Gasteiger partial charge in [0.2, 0.25) is 0 Å². The Hall–Kier alpha value is -2.83. The number of likely N-dealkylation sites (tertiary alicyclic amines) is 1. The van der Waals surface area contributed by atoms with Crippen molar-refractivity contribution in [2.24, 2.45) is 5.92 Å². The van der Waals surface area contributed by atoms with Crippen LogP contribution in [0.5, 0.6) is 5.75 Å². The highest BCUT2D eigenvalue weighted by atomic mass is 19.4. The van der Waals surface area contributed by atoms with Gasteiger partial charge >= 0.3 is 6.18 Å². The average molecular weight is 391 g/mol. The van der Waals surface area contributed by atoms with Crippen molar-refractivity contribution in [3.05, 3.63) is 65.2 Å². The first-order chi connectivity index (χ1) is 13.3. The van der Waals surface area contributed by atoms with Crippen molar-refractivity contribution in [3.8, 4) is 5.75 Å². The maximum Gasteiger partial charge on any atom is 0.417 e. The van der Waals surface area contributed by atoms with Crippen LogP contribution in [0.3, 0.4) is 0 Å². The Morgan fingerprint density at radius 3 is 2.36 bits per heavy atom. The first-order valence-corrected chi connectivity index (χ1v) is 8.95. The van der Waals surface area contributed by atoms with Crippen LogP contribution in [0.4, 0.5) is 13.2 Å². The summed E-state index contributed by atoms with van der Waals surface area (Å²) in [4.78, 5) is 27.0. The number of carbonyl (C=O) groups excluding carboxylic acids is 2. The van der Waals surface area contributed by atoms with E-state index in [0.29, 0.717) is 30.7 Å². The van der Waals surface area contributed by atoms with Gasteiger partial charge in [0.15, 0.2) is 5.78 Å². The smallest absolute Gasteiger partial charge is 0.417 e. The van der Waals surface area contributed by atoms with Gasteiger partial charge in [-0.3, -0.25) is 9.59 Å². The normalized spacial score (nSPS) is 17.3. The number of Topliss-reactive ketones (excluding diaryl/α,β-unsaturated/α-hetero) is 1. The molecule has 1 heterocycles. The van der Waals surface area contributed by atoms with E-state index in [1.165, 1.54) is 30.2 Å². The van der Waals surface area contributed by atoms with Crippen molar-refractivity contribution in [2.75, 3.05) is 20.2 Å². The molecule has 1 aliphatic heterocycles. The van der Waals surface area contributed by atoms with Crippen molar-refractivity contribution in [3.63, 3.8) is 0 Å². The molecule has 0 spiro atoms. The number of piperidine rings is 1. The molecule has 2 aromatic carbocycles. The fourth-order valence-corrected chi connectivity index (χ4v) is 3.53. The van der Waals surface area contributed by atoms with Crippen LogP contribution in [0.15, 0.2) is 48.5 Å². The van der Waals surface area contributed by atoms with E-state index >= 15 is 0 Å². The highest BCUT2D eigenvalue weighted by Crippen LogP contribution is 2.33. The van der Waals surface area contributed by atoms with Gasteiger partial charge in [-0.2, -0.15) is 13.2 Å². The van der Waals surface area contributed by atoms with Crippen LogP contribution in [0.1, 0.15) is 39.1 Å². The summed E-state index contributed by atoms with van der Waals surface area (Å²) in [5.41, 5.74) is -0.932. The summed E-state index contributed by atoms with van der Waals surface area (Å²) in [6.45, 7) is 0.405. The van der Waals surface area contributed by atoms with E-state index < -0.39 is 23.6 Å². The van der Waals surface area contributed by atoms with E-state index in [0.717, 1.165) is 6.07 Å². The zero-order chi connectivity index (χ0) is 20.3. The number of benzene rings is 2. The summed E-state index contributed by atoms with van der Waals surface area (Å²) < 4.78 is 45.0. The molecule has 148 valence electrons. The highest BCUT2D eigenvalue weighted by molar-refractivity contribution is 6.01. The van der Waals surface area contributed by atoms with Crippen molar-refractivity contribution >= 4 is 11.7 Å². The number of ketones is 1. The Bertz CT molecular complexity index is 879. The second-order valence-corrected chi connectivity index (χ2v) is 6.70. The number of alkyl halides is 3. The SMILES string of the molecule is COc1ccccc1C(=O)[C@@H]1CCCN(C(=O)c2ccccc2C(F)(F)F)C1. The second-order valence-electron chi connectivity index (χ2n) is 6.70. The van der Waals surface area contributed by atoms with Crippen LogP contribution < -0.4 is 4.74 Å². The molecule has 0 saturated carbocycles. The minimum atomic E-state index is -4.62. The fraction of sp³-hybridized carbons (Fsp3) is 0.333. The summed E-state index contributed by atoms with van der Waals surface area (Å²) >= 11 is 0. The van der Waals surface area contributed by atoms with Crippen molar-refractivity contribution in [1.29, 1.82) is 0 Å². The molecule has 1 atom stereocenters. The Kier molecular flexibility index (Phi) is 5.72. The van der Waals surface area contributed by atoms with E-state index in [2.05, 4.69) is 0 Å². The molecular weight excluding hydrogens is 371 g/mol. The molecule has 0 aliphatic carbocycles.